The van der Waals surface area contributed by atoms with Gasteiger partial charge in [-0.1, -0.05) is 22.6 Å². The van der Waals surface area contributed by atoms with Gasteiger partial charge in [-0.25, -0.2) is 0 Å². The molecule has 0 aromatic carbocycles. The van der Waals surface area contributed by atoms with E-state index in [-0.39, 0.29) is 9.83 Å². The summed E-state index contributed by atoms with van der Waals surface area (Å²) in [6.07, 6.45) is -0.261. The third kappa shape index (κ3) is 8.84. The Morgan fingerprint density at radius 3 is 2.10 bits per heavy atom. The summed E-state index contributed by atoms with van der Waals surface area (Å²) >= 11 is 2.06. The lowest BCUT2D eigenvalue weighted by Gasteiger charge is -2.18. The van der Waals surface area contributed by atoms with Crippen LogP contribution < -0.4 is 5.32 Å². The summed E-state index contributed by atoms with van der Waals surface area (Å²) in [5, 5.41) is 2.69. The average Bonchev–Trinajstić information content (AvgIpc) is 1.57. The van der Waals surface area contributed by atoms with Crippen molar-refractivity contribution in [1.29, 1.82) is 0 Å². The Hall–Kier alpha value is 0.840. The third-order valence-corrected chi connectivity index (χ3v) is 1.66. The van der Waals surface area contributed by atoms with Crippen LogP contribution in [0.4, 0.5) is 0 Å². The molecule has 0 amide bonds. The van der Waals surface area contributed by atoms with Crippen molar-refractivity contribution in [1.82, 2.24) is 5.32 Å². The first-order valence-electron chi connectivity index (χ1n) is 2.69. The molecular weight excluding hydrogens is 268 g/mol. The monoisotopic (exact) mass is 279 g/mol. The normalized spacial score (nSPS) is 13.7. The second-order valence-electron chi connectivity index (χ2n) is 2.47. The highest BCUT2D eigenvalue weighted by molar-refractivity contribution is 14.1. The van der Waals surface area contributed by atoms with Crippen molar-refractivity contribution >= 4 is 30.2 Å². The van der Waals surface area contributed by atoms with E-state index in [1.807, 2.05) is 13.8 Å². The van der Waals surface area contributed by atoms with E-state index in [0.717, 1.165) is 0 Å². The van der Waals surface area contributed by atoms with E-state index in [1.54, 1.807) is 0 Å². The highest BCUT2D eigenvalue weighted by Gasteiger charge is 2.18. The minimum absolute atomic E-state index is 0.261. The summed E-state index contributed by atoms with van der Waals surface area (Å²) in [5.74, 6) is 0. The van der Waals surface area contributed by atoms with Gasteiger partial charge >= 0.3 is 7.60 Å². The molecule has 0 atom stereocenters. The van der Waals surface area contributed by atoms with E-state index in [4.69, 9.17) is 9.79 Å². The van der Waals surface area contributed by atoms with Crippen molar-refractivity contribution in [3.05, 3.63) is 0 Å². The predicted molar refractivity (Wildman–Crippen MR) is 48.1 cm³/mol. The first-order valence-corrected chi connectivity index (χ1v) is 5.57. The summed E-state index contributed by atoms with van der Waals surface area (Å²) in [6.45, 7) is 3.67. The number of alkyl halides is 1. The maximum absolute atomic E-state index is 10.3. The van der Waals surface area contributed by atoms with E-state index in [9.17, 15) is 4.57 Å². The molecule has 62 valence electrons. The van der Waals surface area contributed by atoms with Crippen LogP contribution in [-0.2, 0) is 4.57 Å². The van der Waals surface area contributed by atoms with Gasteiger partial charge < -0.3 is 9.79 Å². The number of rotatable bonds is 3. The van der Waals surface area contributed by atoms with Crippen LogP contribution in [0.5, 0.6) is 0 Å². The highest BCUT2D eigenvalue weighted by Crippen LogP contribution is 2.33. The van der Waals surface area contributed by atoms with Gasteiger partial charge in [0.1, 0.15) is 0 Å². The van der Waals surface area contributed by atoms with Gasteiger partial charge in [0.25, 0.3) is 0 Å². The van der Waals surface area contributed by atoms with Crippen LogP contribution in [0.25, 0.3) is 0 Å². The van der Waals surface area contributed by atoms with Gasteiger partial charge in [0.15, 0.2) is 0 Å². The topological polar surface area (TPSA) is 69.6 Å². The third-order valence-electron chi connectivity index (χ3n) is 0.705. The van der Waals surface area contributed by atoms with Crippen molar-refractivity contribution < 1.29 is 14.4 Å². The molecule has 0 aliphatic rings. The molecule has 3 N–H and O–H groups in total. The number of hydrogen-bond donors (Lipinski definition) is 3. The molecule has 4 nitrogen and oxygen atoms in total. The zero-order valence-corrected chi connectivity index (χ0v) is 8.89. The molecule has 0 unspecified atom stereocenters. The van der Waals surface area contributed by atoms with Crippen LogP contribution >= 0.6 is 30.2 Å². The highest BCUT2D eigenvalue weighted by atomic mass is 127. The Kier molecular flexibility index (Phi) is 3.78. The zero-order chi connectivity index (χ0) is 8.41. The second-order valence-corrected chi connectivity index (χ2v) is 6.81. The quantitative estimate of drug-likeness (QED) is 0.310. The van der Waals surface area contributed by atoms with E-state index in [1.165, 1.54) is 0 Å². The summed E-state index contributed by atoms with van der Waals surface area (Å²) < 4.78 is 10.0. The van der Waals surface area contributed by atoms with E-state index >= 15 is 0 Å². The Morgan fingerprint density at radius 1 is 1.60 bits per heavy atom. The van der Waals surface area contributed by atoms with Gasteiger partial charge in [0.05, 0.1) is 9.83 Å². The fraction of sp³-hybridized carbons (Fsp3) is 1.00. The lowest BCUT2D eigenvalue weighted by atomic mass is 10.4. The second kappa shape index (κ2) is 3.49. The van der Waals surface area contributed by atoms with Crippen molar-refractivity contribution in [2.45, 2.75) is 17.4 Å². The van der Waals surface area contributed by atoms with Gasteiger partial charge in [0, 0.05) is 0 Å². The Bertz CT molecular complexity index is 149. The summed E-state index contributed by atoms with van der Waals surface area (Å²) in [6, 6.07) is 0. The molecule has 0 saturated heterocycles. The van der Waals surface area contributed by atoms with E-state index in [2.05, 4.69) is 27.9 Å². The molecule has 0 aliphatic carbocycles. The number of hydrogen-bond acceptors (Lipinski definition) is 2. The first-order chi connectivity index (χ1) is 4.21. The number of nitrogens with one attached hydrogen (secondary N) is 1. The molecule has 6 heteroatoms. The molecule has 0 fully saturated rings. The molecule has 0 heterocycles. The molecule has 0 aliphatic heterocycles. The van der Waals surface area contributed by atoms with Crippen molar-refractivity contribution in [3.63, 3.8) is 0 Å². The molecule has 0 aromatic heterocycles. The van der Waals surface area contributed by atoms with Crippen LogP contribution in [-0.4, -0.2) is 19.6 Å². The lowest BCUT2D eigenvalue weighted by Crippen LogP contribution is -2.33. The first kappa shape index (κ1) is 10.8. The smallest absolute Gasteiger partial charge is 0.324 e. The van der Waals surface area contributed by atoms with Gasteiger partial charge in [0.2, 0.25) is 0 Å². The lowest BCUT2D eigenvalue weighted by molar-refractivity contribution is 0.364. The maximum Gasteiger partial charge on any atom is 0.339 e. The Balaban J connectivity index is 3.67. The molecule has 0 saturated carbocycles. The molecule has 10 heavy (non-hydrogen) atoms. The molecule has 0 spiro atoms. The predicted octanol–water partition coefficient (Wildman–Crippen LogP) is 0.882. The van der Waals surface area contributed by atoms with Crippen molar-refractivity contribution in [2.75, 3.05) is 6.29 Å². The molecule has 0 aromatic rings. The maximum atomic E-state index is 10.3. The van der Waals surface area contributed by atoms with Crippen LogP contribution in [0.2, 0.25) is 0 Å². The van der Waals surface area contributed by atoms with Gasteiger partial charge in [-0.3, -0.25) is 9.88 Å². The van der Waals surface area contributed by atoms with Gasteiger partial charge in [-0.05, 0) is 13.8 Å². The van der Waals surface area contributed by atoms with Crippen molar-refractivity contribution in [2.24, 2.45) is 0 Å². The van der Waals surface area contributed by atoms with Crippen LogP contribution in [0.1, 0.15) is 13.8 Å². The zero-order valence-electron chi connectivity index (χ0n) is 5.83. The SMILES string of the molecule is CC(C)(I)NCP(=O)(O)O. The van der Waals surface area contributed by atoms with Crippen molar-refractivity contribution in [3.8, 4) is 0 Å². The minimum Gasteiger partial charge on any atom is -0.324 e. The standard InChI is InChI=1S/C4H11INO3P/c1-4(2,5)6-3-10(7,8)9/h6H,3H2,1-2H3,(H2,7,8,9). The summed E-state index contributed by atoms with van der Waals surface area (Å²) in [4.78, 5) is 16.9. The van der Waals surface area contributed by atoms with Crippen LogP contribution in [0.3, 0.4) is 0 Å². The fourth-order valence-electron chi connectivity index (χ4n) is 0.291. The van der Waals surface area contributed by atoms with E-state index in [0.29, 0.717) is 0 Å². The van der Waals surface area contributed by atoms with Gasteiger partial charge in [-0.2, -0.15) is 0 Å². The minimum atomic E-state index is -3.88. The number of halogens is 1. The van der Waals surface area contributed by atoms with Gasteiger partial charge in [-0.15, -0.1) is 0 Å². The Labute approximate surface area is 73.7 Å². The summed E-state index contributed by atoms with van der Waals surface area (Å²) in [7, 11) is -3.88. The van der Waals surface area contributed by atoms with E-state index < -0.39 is 7.60 Å². The van der Waals surface area contributed by atoms with Crippen LogP contribution in [0.15, 0.2) is 0 Å². The van der Waals surface area contributed by atoms with Crippen LogP contribution in [0, 0.1) is 0 Å². The molecule has 0 radical (unpaired) electrons. The average molecular weight is 279 g/mol. The summed E-state index contributed by atoms with van der Waals surface area (Å²) in [5.41, 5.74) is 0. The molecule has 0 rings (SSSR count). The molecule has 0 bridgehead atoms. The fourth-order valence-corrected chi connectivity index (χ4v) is 1.38. The Morgan fingerprint density at radius 2 is 2.00 bits per heavy atom. The largest absolute Gasteiger partial charge is 0.339 e. The molecular formula is C4H11INO3P.